The van der Waals surface area contributed by atoms with Gasteiger partial charge in [0.2, 0.25) is 11.7 Å². The Balaban J connectivity index is 1.44. The Kier molecular flexibility index (Phi) is 5.07. The molecular formula is C21H21N3O5. The molecule has 1 aromatic heterocycles. The molecule has 0 aliphatic carbocycles. The van der Waals surface area contributed by atoms with Gasteiger partial charge in [0.15, 0.2) is 11.5 Å². The van der Waals surface area contributed by atoms with E-state index < -0.39 is 0 Å². The van der Waals surface area contributed by atoms with Gasteiger partial charge in [-0.3, -0.25) is 4.79 Å². The molecule has 8 nitrogen and oxygen atoms in total. The molecule has 0 bridgehead atoms. The van der Waals surface area contributed by atoms with Crippen molar-refractivity contribution in [2.75, 3.05) is 34.4 Å². The van der Waals surface area contributed by atoms with Crippen molar-refractivity contribution in [3.8, 4) is 28.6 Å². The van der Waals surface area contributed by atoms with Gasteiger partial charge in [0.1, 0.15) is 5.75 Å². The summed E-state index contributed by atoms with van der Waals surface area (Å²) in [5.74, 6) is 2.71. The van der Waals surface area contributed by atoms with Crippen LogP contribution in [0, 0.1) is 0 Å². The fourth-order valence-electron chi connectivity index (χ4n) is 3.29. The van der Waals surface area contributed by atoms with Gasteiger partial charge in [-0.25, -0.2) is 0 Å². The van der Waals surface area contributed by atoms with Gasteiger partial charge in [0.05, 0.1) is 32.8 Å². The quantitative estimate of drug-likeness (QED) is 0.634. The monoisotopic (exact) mass is 395 g/mol. The van der Waals surface area contributed by atoms with Crippen molar-refractivity contribution in [3.05, 3.63) is 53.9 Å². The zero-order chi connectivity index (χ0) is 20.4. The maximum absolute atomic E-state index is 12.7. The van der Waals surface area contributed by atoms with Crippen LogP contribution < -0.4 is 14.2 Å². The Hall–Kier alpha value is -3.55. The van der Waals surface area contributed by atoms with Gasteiger partial charge in [-0.1, -0.05) is 17.3 Å². The fourth-order valence-corrected chi connectivity index (χ4v) is 3.29. The molecule has 3 aromatic rings. The average molecular weight is 395 g/mol. The number of hydrogen-bond donors (Lipinski definition) is 0. The van der Waals surface area contributed by atoms with Gasteiger partial charge in [0, 0.05) is 18.7 Å². The summed E-state index contributed by atoms with van der Waals surface area (Å²) in [6.45, 7) is 1.03. The number of hydrogen-bond acceptors (Lipinski definition) is 7. The molecule has 1 saturated heterocycles. The number of aromatic nitrogens is 2. The first-order valence-electron chi connectivity index (χ1n) is 9.13. The third-order valence-corrected chi connectivity index (χ3v) is 4.94. The summed E-state index contributed by atoms with van der Waals surface area (Å²) in [6, 6.07) is 12.6. The lowest BCUT2D eigenvalue weighted by molar-refractivity contribution is 0.0569. The van der Waals surface area contributed by atoms with Gasteiger partial charge < -0.3 is 23.6 Å². The summed E-state index contributed by atoms with van der Waals surface area (Å²) in [5, 5.41) is 4.07. The van der Waals surface area contributed by atoms with Crippen molar-refractivity contribution in [1.82, 2.24) is 15.0 Å². The van der Waals surface area contributed by atoms with E-state index in [1.807, 2.05) is 24.3 Å². The minimum absolute atomic E-state index is 0.00931. The number of nitrogens with zero attached hydrogens (tertiary/aromatic N) is 3. The van der Waals surface area contributed by atoms with E-state index in [9.17, 15) is 4.79 Å². The highest BCUT2D eigenvalue weighted by molar-refractivity contribution is 5.95. The van der Waals surface area contributed by atoms with E-state index in [0.29, 0.717) is 47.6 Å². The molecule has 2 heterocycles. The van der Waals surface area contributed by atoms with Gasteiger partial charge in [-0.2, -0.15) is 4.98 Å². The number of ether oxygens (including phenoxy) is 3. The summed E-state index contributed by atoms with van der Waals surface area (Å²) in [7, 11) is 4.70. The van der Waals surface area contributed by atoms with Gasteiger partial charge in [-0.05, 0) is 30.3 Å². The largest absolute Gasteiger partial charge is 0.496 e. The van der Waals surface area contributed by atoms with E-state index in [4.69, 9.17) is 18.7 Å². The molecule has 1 aliphatic rings. The third-order valence-electron chi connectivity index (χ3n) is 4.94. The van der Waals surface area contributed by atoms with Crippen molar-refractivity contribution in [2.45, 2.75) is 5.92 Å². The van der Waals surface area contributed by atoms with Crippen LogP contribution in [0.3, 0.4) is 0 Å². The lowest BCUT2D eigenvalue weighted by Gasteiger charge is -2.37. The number of carbonyl (C=O) groups is 1. The Bertz CT molecular complexity index is 1030. The molecule has 1 fully saturated rings. The van der Waals surface area contributed by atoms with E-state index in [1.54, 1.807) is 44.4 Å². The Morgan fingerprint density at radius 1 is 1.00 bits per heavy atom. The second-order valence-electron chi connectivity index (χ2n) is 6.63. The number of benzene rings is 2. The first-order chi connectivity index (χ1) is 14.1. The van der Waals surface area contributed by atoms with Crippen molar-refractivity contribution in [2.24, 2.45) is 0 Å². The number of carbonyl (C=O) groups excluding carboxylic acids is 1. The van der Waals surface area contributed by atoms with Crippen molar-refractivity contribution in [3.63, 3.8) is 0 Å². The van der Waals surface area contributed by atoms with Crippen LogP contribution in [0.1, 0.15) is 22.2 Å². The van der Waals surface area contributed by atoms with E-state index >= 15 is 0 Å². The molecule has 0 N–H and O–H groups in total. The molecule has 0 radical (unpaired) electrons. The van der Waals surface area contributed by atoms with Crippen LogP contribution in [0.25, 0.3) is 11.4 Å². The maximum Gasteiger partial charge on any atom is 0.254 e. The van der Waals surface area contributed by atoms with Crippen LogP contribution in [0.5, 0.6) is 17.2 Å². The highest BCUT2D eigenvalue weighted by Gasteiger charge is 2.36. The molecule has 0 unspecified atom stereocenters. The molecule has 0 saturated carbocycles. The molecule has 0 spiro atoms. The zero-order valence-electron chi connectivity index (χ0n) is 16.4. The van der Waals surface area contributed by atoms with Crippen LogP contribution in [-0.4, -0.2) is 55.4 Å². The number of methoxy groups -OCH3 is 3. The molecule has 1 aliphatic heterocycles. The normalized spacial score (nSPS) is 13.7. The minimum Gasteiger partial charge on any atom is -0.496 e. The van der Waals surface area contributed by atoms with E-state index in [0.717, 1.165) is 5.56 Å². The number of amides is 1. The predicted octanol–water partition coefficient (Wildman–Crippen LogP) is 3.00. The lowest BCUT2D eigenvalue weighted by atomic mass is 9.98. The van der Waals surface area contributed by atoms with Crippen molar-refractivity contribution < 1.29 is 23.5 Å². The Morgan fingerprint density at radius 3 is 2.45 bits per heavy atom. The first-order valence-corrected chi connectivity index (χ1v) is 9.13. The molecule has 8 heteroatoms. The zero-order valence-corrected chi connectivity index (χ0v) is 16.4. The van der Waals surface area contributed by atoms with Gasteiger partial charge in [-0.15, -0.1) is 0 Å². The van der Waals surface area contributed by atoms with E-state index in [-0.39, 0.29) is 11.8 Å². The van der Waals surface area contributed by atoms with Crippen LogP contribution in [0.2, 0.25) is 0 Å². The molecule has 29 heavy (non-hydrogen) atoms. The van der Waals surface area contributed by atoms with Gasteiger partial charge in [0.25, 0.3) is 5.91 Å². The molecule has 4 rings (SSSR count). The summed E-state index contributed by atoms with van der Waals surface area (Å²) < 4.78 is 21.3. The van der Waals surface area contributed by atoms with Crippen LogP contribution in [0.15, 0.2) is 47.0 Å². The third kappa shape index (κ3) is 3.49. The maximum atomic E-state index is 12.7. The summed E-state index contributed by atoms with van der Waals surface area (Å²) in [5.41, 5.74) is 1.31. The lowest BCUT2D eigenvalue weighted by Crippen LogP contribution is -2.48. The Morgan fingerprint density at radius 2 is 1.72 bits per heavy atom. The van der Waals surface area contributed by atoms with Crippen LogP contribution >= 0.6 is 0 Å². The SMILES string of the molecule is COc1ccc(C(=O)N2CC(c3nc(-c4ccccc4OC)no3)C2)cc1OC. The van der Waals surface area contributed by atoms with E-state index in [1.165, 1.54) is 0 Å². The number of likely N-dealkylation sites (tertiary alicyclic amines) is 1. The summed E-state index contributed by atoms with van der Waals surface area (Å²) in [4.78, 5) is 19.0. The second kappa shape index (κ2) is 7.83. The highest BCUT2D eigenvalue weighted by atomic mass is 16.5. The Labute approximate surface area is 168 Å². The fraction of sp³-hybridized carbons (Fsp3) is 0.286. The van der Waals surface area contributed by atoms with Crippen LogP contribution in [0.4, 0.5) is 0 Å². The molecule has 2 aromatic carbocycles. The summed E-state index contributed by atoms with van der Waals surface area (Å²) in [6.07, 6.45) is 0. The molecule has 0 atom stereocenters. The average Bonchev–Trinajstić information content (AvgIpc) is 3.21. The highest BCUT2D eigenvalue weighted by Crippen LogP contribution is 2.33. The topological polar surface area (TPSA) is 86.9 Å². The van der Waals surface area contributed by atoms with Crippen LogP contribution in [-0.2, 0) is 0 Å². The molecular weight excluding hydrogens is 374 g/mol. The smallest absolute Gasteiger partial charge is 0.254 e. The standard InChI is InChI=1S/C21H21N3O5/c1-26-16-7-5-4-6-15(16)19-22-20(29-23-19)14-11-24(12-14)21(25)13-8-9-17(27-2)18(10-13)28-3/h4-10,14H,11-12H2,1-3H3. The summed E-state index contributed by atoms with van der Waals surface area (Å²) >= 11 is 0. The number of rotatable bonds is 6. The number of para-hydroxylation sites is 1. The van der Waals surface area contributed by atoms with Crippen molar-refractivity contribution in [1.29, 1.82) is 0 Å². The van der Waals surface area contributed by atoms with E-state index in [2.05, 4.69) is 10.1 Å². The minimum atomic E-state index is -0.0772. The first kappa shape index (κ1) is 18.8. The predicted molar refractivity (Wildman–Crippen MR) is 104 cm³/mol. The van der Waals surface area contributed by atoms with Gasteiger partial charge >= 0.3 is 0 Å². The second-order valence-corrected chi connectivity index (χ2v) is 6.63. The molecule has 150 valence electrons. The molecule has 1 amide bonds. The van der Waals surface area contributed by atoms with Crippen molar-refractivity contribution >= 4 is 5.91 Å².